The SMILES string of the molecule is CC1(C(=O)O)CCN1.Cl. The second kappa shape index (κ2) is 2.54. The largest absolute Gasteiger partial charge is 0.480 e. The monoisotopic (exact) mass is 151 g/mol. The summed E-state index contributed by atoms with van der Waals surface area (Å²) in [4.78, 5) is 10.2. The molecule has 4 heteroatoms. The van der Waals surface area contributed by atoms with Crippen molar-refractivity contribution in [2.75, 3.05) is 6.54 Å². The standard InChI is InChI=1S/C5H9NO2.ClH/c1-5(4(7)8)2-3-6-5;/h6H,2-3H2,1H3,(H,7,8);1H. The molecular formula is C5H10ClNO2. The molecule has 1 unspecified atom stereocenters. The van der Waals surface area contributed by atoms with Gasteiger partial charge in [-0.1, -0.05) is 0 Å². The molecule has 2 N–H and O–H groups in total. The van der Waals surface area contributed by atoms with Crippen LogP contribution in [-0.4, -0.2) is 23.2 Å². The number of carbonyl (C=O) groups is 1. The van der Waals surface area contributed by atoms with Gasteiger partial charge in [-0.3, -0.25) is 4.79 Å². The average Bonchev–Trinajstić information content (AvgIpc) is 1.60. The first kappa shape index (κ1) is 8.72. The predicted octanol–water partition coefficient (Wildman–Crippen LogP) is 0.245. The highest BCUT2D eigenvalue weighted by Gasteiger charge is 2.38. The number of nitrogens with one attached hydrogen (secondary N) is 1. The van der Waals surface area contributed by atoms with Crippen LogP contribution in [0.4, 0.5) is 0 Å². The molecule has 3 nitrogen and oxygen atoms in total. The zero-order chi connectivity index (χ0) is 6.20. The van der Waals surface area contributed by atoms with Crippen LogP contribution in [0.25, 0.3) is 0 Å². The molecule has 0 radical (unpaired) electrons. The van der Waals surface area contributed by atoms with Crippen LogP contribution in [0.1, 0.15) is 13.3 Å². The number of halogens is 1. The van der Waals surface area contributed by atoms with Crippen LogP contribution in [0.2, 0.25) is 0 Å². The first-order valence-electron chi connectivity index (χ1n) is 2.63. The molecular weight excluding hydrogens is 142 g/mol. The Kier molecular flexibility index (Phi) is 2.46. The van der Waals surface area contributed by atoms with Gasteiger partial charge in [0.2, 0.25) is 0 Å². The van der Waals surface area contributed by atoms with E-state index in [0.29, 0.717) is 0 Å². The second-order valence-corrected chi connectivity index (χ2v) is 2.31. The third-order valence-electron chi connectivity index (χ3n) is 1.61. The fraction of sp³-hybridized carbons (Fsp3) is 0.800. The molecule has 0 spiro atoms. The van der Waals surface area contributed by atoms with E-state index in [1.807, 2.05) is 0 Å². The number of carboxylic acid groups (broad SMARTS) is 1. The van der Waals surface area contributed by atoms with E-state index < -0.39 is 11.5 Å². The maximum Gasteiger partial charge on any atom is 0.323 e. The maximum absolute atomic E-state index is 10.2. The highest BCUT2D eigenvalue weighted by molar-refractivity contribution is 5.85. The first-order valence-corrected chi connectivity index (χ1v) is 2.63. The van der Waals surface area contributed by atoms with Crippen LogP contribution in [0.5, 0.6) is 0 Å². The van der Waals surface area contributed by atoms with Crippen molar-refractivity contribution in [2.45, 2.75) is 18.9 Å². The Morgan fingerprint density at radius 2 is 2.22 bits per heavy atom. The van der Waals surface area contributed by atoms with Gasteiger partial charge in [0, 0.05) is 0 Å². The zero-order valence-electron chi connectivity index (χ0n) is 5.18. The van der Waals surface area contributed by atoms with Gasteiger partial charge in [0.15, 0.2) is 0 Å². The normalized spacial score (nSPS) is 32.1. The average molecular weight is 152 g/mol. The lowest BCUT2D eigenvalue weighted by molar-refractivity contribution is -0.147. The van der Waals surface area contributed by atoms with Gasteiger partial charge in [-0.25, -0.2) is 0 Å². The van der Waals surface area contributed by atoms with E-state index in [4.69, 9.17) is 5.11 Å². The topological polar surface area (TPSA) is 49.3 Å². The lowest BCUT2D eigenvalue weighted by atomic mass is 9.91. The van der Waals surface area contributed by atoms with Gasteiger partial charge < -0.3 is 10.4 Å². The van der Waals surface area contributed by atoms with Gasteiger partial charge in [-0.15, -0.1) is 12.4 Å². The van der Waals surface area contributed by atoms with E-state index >= 15 is 0 Å². The Balaban J connectivity index is 0.000000640. The molecule has 0 saturated carbocycles. The summed E-state index contributed by atoms with van der Waals surface area (Å²) < 4.78 is 0. The molecule has 54 valence electrons. The summed E-state index contributed by atoms with van der Waals surface area (Å²) in [5, 5.41) is 11.3. The van der Waals surface area contributed by atoms with Crippen molar-refractivity contribution in [2.24, 2.45) is 0 Å². The molecule has 9 heavy (non-hydrogen) atoms. The Bertz CT molecular complexity index is 122. The van der Waals surface area contributed by atoms with E-state index in [1.54, 1.807) is 6.92 Å². The van der Waals surface area contributed by atoms with Crippen molar-refractivity contribution in [3.05, 3.63) is 0 Å². The number of carboxylic acids is 1. The minimum absolute atomic E-state index is 0. The van der Waals surface area contributed by atoms with Crippen molar-refractivity contribution >= 4 is 18.4 Å². The molecule has 1 rings (SSSR count). The van der Waals surface area contributed by atoms with Crippen LogP contribution in [-0.2, 0) is 4.79 Å². The molecule has 1 fully saturated rings. The van der Waals surface area contributed by atoms with Crippen LogP contribution in [0.3, 0.4) is 0 Å². The minimum Gasteiger partial charge on any atom is -0.480 e. The van der Waals surface area contributed by atoms with Crippen LogP contribution in [0, 0.1) is 0 Å². The van der Waals surface area contributed by atoms with E-state index in [0.717, 1.165) is 13.0 Å². The van der Waals surface area contributed by atoms with E-state index in [2.05, 4.69) is 5.32 Å². The molecule has 1 atom stereocenters. The summed E-state index contributed by atoms with van der Waals surface area (Å²) in [6.07, 6.45) is 0.752. The Hall–Kier alpha value is -0.280. The van der Waals surface area contributed by atoms with Gasteiger partial charge in [-0.2, -0.15) is 0 Å². The number of hydrogen-bond donors (Lipinski definition) is 2. The Morgan fingerprint density at radius 1 is 1.78 bits per heavy atom. The van der Waals surface area contributed by atoms with Gasteiger partial charge >= 0.3 is 5.97 Å². The van der Waals surface area contributed by atoms with Crippen molar-refractivity contribution in [1.82, 2.24) is 5.32 Å². The highest BCUT2D eigenvalue weighted by atomic mass is 35.5. The summed E-state index contributed by atoms with van der Waals surface area (Å²) in [5.74, 6) is -0.747. The third kappa shape index (κ3) is 1.34. The molecule has 1 heterocycles. The van der Waals surface area contributed by atoms with Crippen LogP contribution in [0.15, 0.2) is 0 Å². The van der Waals surface area contributed by atoms with Crippen molar-refractivity contribution in [3.63, 3.8) is 0 Å². The van der Waals surface area contributed by atoms with Gasteiger partial charge in [0.05, 0.1) is 0 Å². The van der Waals surface area contributed by atoms with E-state index in [-0.39, 0.29) is 12.4 Å². The van der Waals surface area contributed by atoms with Gasteiger partial charge in [0.25, 0.3) is 0 Å². The molecule has 0 aromatic rings. The Labute approximate surface area is 59.9 Å². The summed E-state index contributed by atoms with van der Waals surface area (Å²) in [6.45, 7) is 2.53. The highest BCUT2D eigenvalue weighted by Crippen LogP contribution is 2.16. The van der Waals surface area contributed by atoms with Crippen molar-refractivity contribution in [3.8, 4) is 0 Å². The quantitative estimate of drug-likeness (QED) is 0.565. The van der Waals surface area contributed by atoms with Gasteiger partial charge in [0.1, 0.15) is 5.54 Å². The molecule has 0 amide bonds. The van der Waals surface area contributed by atoms with E-state index in [1.165, 1.54) is 0 Å². The molecule has 0 aromatic heterocycles. The lowest BCUT2D eigenvalue weighted by Crippen LogP contribution is -2.59. The summed E-state index contributed by atoms with van der Waals surface area (Å²) >= 11 is 0. The summed E-state index contributed by atoms with van der Waals surface area (Å²) in [6, 6.07) is 0. The molecule has 0 aromatic carbocycles. The smallest absolute Gasteiger partial charge is 0.323 e. The lowest BCUT2D eigenvalue weighted by Gasteiger charge is -2.35. The van der Waals surface area contributed by atoms with Crippen molar-refractivity contribution < 1.29 is 9.90 Å². The van der Waals surface area contributed by atoms with Crippen LogP contribution >= 0.6 is 12.4 Å². The fourth-order valence-corrected chi connectivity index (χ4v) is 0.683. The summed E-state index contributed by atoms with van der Waals surface area (Å²) in [7, 11) is 0. The summed E-state index contributed by atoms with van der Waals surface area (Å²) in [5.41, 5.74) is -0.611. The third-order valence-corrected chi connectivity index (χ3v) is 1.61. The van der Waals surface area contributed by atoms with Crippen LogP contribution < -0.4 is 5.32 Å². The maximum atomic E-state index is 10.2. The number of rotatable bonds is 1. The molecule has 0 aliphatic carbocycles. The molecule has 1 aliphatic rings. The van der Waals surface area contributed by atoms with E-state index in [9.17, 15) is 4.79 Å². The number of aliphatic carboxylic acids is 1. The zero-order valence-corrected chi connectivity index (χ0v) is 5.99. The second-order valence-electron chi connectivity index (χ2n) is 2.31. The fourth-order valence-electron chi connectivity index (χ4n) is 0.683. The Morgan fingerprint density at radius 3 is 2.22 bits per heavy atom. The minimum atomic E-state index is -0.747. The molecule has 1 aliphatic heterocycles. The van der Waals surface area contributed by atoms with Gasteiger partial charge in [-0.05, 0) is 19.9 Å². The first-order chi connectivity index (χ1) is 3.65. The van der Waals surface area contributed by atoms with Crippen molar-refractivity contribution in [1.29, 1.82) is 0 Å². The molecule has 0 bridgehead atoms. The predicted molar refractivity (Wildman–Crippen MR) is 35.9 cm³/mol. The molecule has 1 saturated heterocycles. The number of hydrogen-bond acceptors (Lipinski definition) is 2.